The number of amidine groups is 1. The molecular weight excluding hydrogens is 506 g/mol. The lowest BCUT2D eigenvalue weighted by Gasteiger charge is -2.22. The van der Waals surface area contributed by atoms with E-state index in [1.807, 2.05) is 48.0 Å². The number of carbonyl (C=O) groups is 2. The zero-order valence-corrected chi connectivity index (χ0v) is 22.0. The molecule has 0 fully saturated rings. The number of hydrogen-bond donors (Lipinski definition) is 2. The lowest BCUT2D eigenvalue weighted by Crippen LogP contribution is -2.33. The Bertz CT molecular complexity index is 1420. The molecule has 0 radical (unpaired) electrons. The number of esters is 1. The Morgan fingerprint density at radius 2 is 1.71 bits per heavy atom. The molecular formula is C28H30ClN5O4. The van der Waals surface area contributed by atoms with Gasteiger partial charge in [-0.15, -0.1) is 12.4 Å². The Balaban J connectivity index is 0.00000400. The fourth-order valence-electron chi connectivity index (χ4n) is 3.94. The van der Waals surface area contributed by atoms with Crippen molar-refractivity contribution in [2.24, 2.45) is 12.8 Å². The van der Waals surface area contributed by atoms with Crippen LogP contribution in [-0.4, -0.2) is 40.4 Å². The topological polar surface area (TPSA) is 124 Å². The summed E-state index contributed by atoms with van der Waals surface area (Å²) in [4.78, 5) is 31.8. The van der Waals surface area contributed by atoms with Gasteiger partial charge in [0.2, 0.25) is 0 Å². The lowest BCUT2D eigenvalue weighted by atomic mass is 10.1. The molecule has 10 heteroatoms. The second-order valence-corrected chi connectivity index (χ2v) is 8.36. The van der Waals surface area contributed by atoms with Crippen molar-refractivity contribution < 1.29 is 19.1 Å². The zero-order chi connectivity index (χ0) is 26.4. The summed E-state index contributed by atoms with van der Waals surface area (Å²) < 4.78 is 12.8. The number of hydrogen-bond acceptors (Lipinski definition) is 6. The van der Waals surface area contributed by atoms with Crippen molar-refractivity contribution in [3.05, 3.63) is 89.7 Å². The van der Waals surface area contributed by atoms with Crippen LogP contribution in [0.2, 0.25) is 0 Å². The summed E-state index contributed by atoms with van der Waals surface area (Å²) in [5.74, 6) is 0.743. The van der Waals surface area contributed by atoms with E-state index in [9.17, 15) is 9.59 Å². The number of fused-ring (bicyclic) bond motifs is 1. The van der Waals surface area contributed by atoms with E-state index < -0.39 is 0 Å². The zero-order valence-electron chi connectivity index (χ0n) is 21.2. The van der Waals surface area contributed by atoms with Crippen LogP contribution < -0.4 is 15.4 Å². The number of benzene rings is 3. The van der Waals surface area contributed by atoms with Gasteiger partial charge in [0.05, 0.1) is 24.1 Å². The molecule has 3 aromatic carbocycles. The van der Waals surface area contributed by atoms with Gasteiger partial charge in [-0.1, -0.05) is 18.2 Å². The van der Waals surface area contributed by atoms with Gasteiger partial charge in [0.25, 0.3) is 5.91 Å². The predicted octanol–water partition coefficient (Wildman–Crippen LogP) is 4.46. The fraction of sp³-hybridized carbons (Fsp3) is 0.214. The lowest BCUT2D eigenvalue weighted by molar-refractivity contribution is -0.142. The van der Waals surface area contributed by atoms with Crippen LogP contribution in [0, 0.1) is 5.41 Å². The molecule has 1 aromatic heterocycles. The van der Waals surface area contributed by atoms with Crippen LogP contribution in [0.3, 0.4) is 0 Å². The molecule has 0 aliphatic heterocycles. The standard InChI is InChI=1S/C28H29N5O4.ClH/c1-3-36-26(34)15-16-33(21-7-5-4-6-8-21)28(35)20-11-14-24-23(17-20)31-25(32(24)2)18-37-22-12-9-19(10-13-22)27(29)30;/h4-14,17H,3,15-16,18H2,1-2H3,(H3,29,30);1H. The third kappa shape index (κ3) is 6.49. The van der Waals surface area contributed by atoms with E-state index in [-0.39, 0.29) is 49.7 Å². The van der Waals surface area contributed by atoms with E-state index in [1.54, 1.807) is 48.2 Å². The van der Waals surface area contributed by atoms with Crippen LogP contribution in [0.25, 0.3) is 11.0 Å². The molecule has 0 atom stereocenters. The number of aromatic nitrogens is 2. The third-order valence-electron chi connectivity index (χ3n) is 5.91. The number of para-hydroxylation sites is 1. The van der Waals surface area contributed by atoms with E-state index in [4.69, 9.17) is 20.6 Å². The number of ether oxygens (including phenoxy) is 2. The van der Waals surface area contributed by atoms with E-state index in [0.29, 0.717) is 40.5 Å². The van der Waals surface area contributed by atoms with E-state index in [2.05, 4.69) is 4.98 Å². The highest BCUT2D eigenvalue weighted by molar-refractivity contribution is 6.07. The first-order valence-corrected chi connectivity index (χ1v) is 11.9. The molecule has 1 heterocycles. The number of nitrogens with two attached hydrogens (primary N) is 1. The van der Waals surface area contributed by atoms with Crippen molar-refractivity contribution in [3.8, 4) is 5.75 Å². The van der Waals surface area contributed by atoms with Crippen LogP contribution >= 0.6 is 12.4 Å². The highest BCUT2D eigenvalue weighted by Gasteiger charge is 2.20. The van der Waals surface area contributed by atoms with Gasteiger partial charge in [0, 0.05) is 30.4 Å². The first kappa shape index (κ1) is 28.2. The van der Waals surface area contributed by atoms with Crippen molar-refractivity contribution in [2.45, 2.75) is 20.0 Å². The van der Waals surface area contributed by atoms with Gasteiger partial charge in [0.15, 0.2) is 0 Å². The molecule has 0 saturated carbocycles. The smallest absolute Gasteiger partial charge is 0.307 e. The minimum atomic E-state index is -0.350. The summed E-state index contributed by atoms with van der Waals surface area (Å²) in [6.45, 7) is 2.47. The number of anilines is 1. The number of nitrogens with one attached hydrogen (secondary N) is 1. The maximum absolute atomic E-state index is 13.5. The molecule has 3 N–H and O–H groups in total. The minimum absolute atomic E-state index is 0. The van der Waals surface area contributed by atoms with Gasteiger partial charge in [-0.2, -0.15) is 0 Å². The summed E-state index contributed by atoms with van der Waals surface area (Å²) >= 11 is 0. The van der Waals surface area contributed by atoms with E-state index >= 15 is 0 Å². The SMILES string of the molecule is CCOC(=O)CCN(C(=O)c1ccc2c(c1)nc(COc1ccc(C(=N)N)cc1)n2C)c1ccccc1.Cl. The monoisotopic (exact) mass is 535 g/mol. The van der Waals surface area contributed by atoms with Crippen molar-refractivity contribution in [1.82, 2.24) is 9.55 Å². The molecule has 0 unspecified atom stereocenters. The predicted molar refractivity (Wildman–Crippen MR) is 149 cm³/mol. The summed E-state index contributed by atoms with van der Waals surface area (Å²) in [5, 5.41) is 7.49. The van der Waals surface area contributed by atoms with E-state index in [0.717, 1.165) is 5.52 Å². The average Bonchev–Trinajstić information content (AvgIpc) is 3.23. The second-order valence-electron chi connectivity index (χ2n) is 8.36. The number of aryl methyl sites for hydroxylation is 1. The Morgan fingerprint density at radius 3 is 2.37 bits per heavy atom. The van der Waals surface area contributed by atoms with Gasteiger partial charge in [-0.05, 0) is 61.5 Å². The minimum Gasteiger partial charge on any atom is -0.486 e. The van der Waals surface area contributed by atoms with Crippen molar-refractivity contribution in [3.63, 3.8) is 0 Å². The molecule has 0 aliphatic carbocycles. The van der Waals surface area contributed by atoms with Crippen LogP contribution in [0.15, 0.2) is 72.8 Å². The molecule has 4 rings (SSSR count). The molecule has 198 valence electrons. The summed E-state index contributed by atoms with van der Waals surface area (Å²) in [7, 11) is 1.89. The number of halogens is 1. The molecule has 0 aliphatic rings. The Morgan fingerprint density at radius 1 is 1.03 bits per heavy atom. The highest BCUT2D eigenvalue weighted by Crippen LogP contribution is 2.22. The van der Waals surface area contributed by atoms with Crippen LogP contribution in [0.5, 0.6) is 5.75 Å². The Kier molecular flexibility index (Phi) is 9.45. The summed E-state index contributed by atoms with van der Waals surface area (Å²) in [5.41, 5.74) is 8.81. The number of nitrogens with zero attached hydrogens (tertiary/aromatic N) is 3. The Labute approximate surface area is 227 Å². The normalized spacial score (nSPS) is 10.5. The molecule has 38 heavy (non-hydrogen) atoms. The second kappa shape index (κ2) is 12.7. The molecule has 4 aromatic rings. The largest absolute Gasteiger partial charge is 0.486 e. The molecule has 1 amide bonds. The number of rotatable bonds is 10. The maximum atomic E-state index is 13.5. The molecule has 9 nitrogen and oxygen atoms in total. The van der Waals surface area contributed by atoms with Gasteiger partial charge in [-0.3, -0.25) is 15.0 Å². The quantitative estimate of drug-likeness (QED) is 0.175. The number of nitrogen functional groups attached to an aromatic ring is 1. The van der Waals surface area contributed by atoms with Gasteiger partial charge >= 0.3 is 5.97 Å². The van der Waals surface area contributed by atoms with Gasteiger partial charge < -0.3 is 24.7 Å². The molecule has 0 bridgehead atoms. The first-order valence-electron chi connectivity index (χ1n) is 11.9. The van der Waals surface area contributed by atoms with Crippen molar-refractivity contribution in [2.75, 3.05) is 18.1 Å². The fourth-order valence-corrected chi connectivity index (χ4v) is 3.94. The summed E-state index contributed by atoms with van der Waals surface area (Å²) in [6.07, 6.45) is 0.0924. The van der Waals surface area contributed by atoms with Crippen LogP contribution in [0.4, 0.5) is 5.69 Å². The van der Waals surface area contributed by atoms with Crippen LogP contribution in [-0.2, 0) is 23.2 Å². The molecule has 0 spiro atoms. The van der Waals surface area contributed by atoms with Crippen molar-refractivity contribution in [1.29, 1.82) is 5.41 Å². The van der Waals surface area contributed by atoms with E-state index in [1.165, 1.54) is 0 Å². The van der Waals surface area contributed by atoms with Crippen molar-refractivity contribution >= 4 is 46.8 Å². The maximum Gasteiger partial charge on any atom is 0.307 e. The van der Waals surface area contributed by atoms with Gasteiger partial charge in [0.1, 0.15) is 24.0 Å². The molecule has 0 saturated heterocycles. The number of imidazole rings is 1. The summed E-state index contributed by atoms with van der Waals surface area (Å²) in [6, 6.07) is 21.6. The number of amides is 1. The highest BCUT2D eigenvalue weighted by atomic mass is 35.5. The Hall–Kier alpha value is -4.37. The van der Waals surface area contributed by atoms with Gasteiger partial charge in [-0.25, -0.2) is 4.98 Å². The number of carbonyl (C=O) groups excluding carboxylic acids is 2. The van der Waals surface area contributed by atoms with Crippen LogP contribution in [0.1, 0.15) is 35.1 Å². The first-order chi connectivity index (χ1) is 17.9. The average molecular weight is 536 g/mol. The third-order valence-corrected chi connectivity index (χ3v) is 5.91.